The summed E-state index contributed by atoms with van der Waals surface area (Å²) in [5.41, 5.74) is 9.01. The number of rotatable bonds is 1. The van der Waals surface area contributed by atoms with Gasteiger partial charge in [-0.2, -0.15) is 0 Å². The summed E-state index contributed by atoms with van der Waals surface area (Å²) in [5.74, 6) is 0.0264. The molecule has 3 heteroatoms. The minimum Gasteiger partial charge on any atom is -0.399 e. The van der Waals surface area contributed by atoms with Crippen molar-refractivity contribution in [2.45, 2.75) is 6.54 Å². The minimum absolute atomic E-state index is 0.0264. The summed E-state index contributed by atoms with van der Waals surface area (Å²) in [6.07, 6.45) is 0. The highest BCUT2D eigenvalue weighted by molar-refractivity contribution is 6.10. The molecule has 2 N–H and O–H groups in total. The molecule has 1 heterocycles. The van der Waals surface area contributed by atoms with Crippen LogP contribution in [0.25, 0.3) is 0 Å². The van der Waals surface area contributed by atoms with Gasteiger partial charge >= 0.3 is 0 Å². The number of fused-ring (bicyclic) bond motifs is 1. The van der Waals surface area contributed by atoms with Crippen molar-refractivity contribution in [1.29, 1.82) is 0 Å². The lowest BCUT2D eigenvalue weighted by atomic mass is 10.1. The number of nitrogens with two attached hydrogens (primary N) is 1. The van der Waals surface area contributed by atoms with Gasteiger partial charge in [-0.05, 0) is 29.8 Å². The van der Waals surface area contributed by atoms with Gasteiger partial charge in [0.1, 0.15) is 0 Å². The average Bonchev–Trinajstić information content (AvgIpc) is 2.68. The van der Waals surface area contributed by atoms with E-state index in [-0.39, 0.29) is 5.91 Å². The Kier molecular flexibility index (Phi) is 2.11. The molecule has 0 saturated heterocycles. The molecule has 1 aliphatic rings. The van der Waals surface area contributed by atoms with Gasteiger partial charge in [0, 0.05) is 16.9 Å². The fourth-order valence-corrected chi connectivity index (χ4v) is 2.14. The van der Waals surface area contributed by atoms with Crippen molar-refractivity contribution in [3.05, 3.63) is 59.7 Å². The van der Waals surface area contributed by atoms with Crippen LogP contribution in [0.15, 0.2) is 48.5 Å². The molecule has 0 bridgehead atoms. The molecule has 1 aliphatic heterocycles. The number of amides is 1. The van der Waals surface area contributed by atoms with E-state index >= 15 is 0 Å². The van der Waals surface area contributed by atoms with Gasteiger partial charge in [0.2, 0.25) is 0 Å². The van der Waals surface area contributed by atoms with Crippen molar-refractivity contribution in [2.24, 2.45) is 0 Å². The lowest BCUT2D eigenvalue weighted by molar-refractivity contribution is 0.0996. The molecule has 0 radical (unpaired) electrons. The average molecular weight is 224 g/mol. The van der Waals surface area contributed by atoms with Gasteiger partial charge < -0.3 is 10.6 Å². The molecule has 0 saturated carbocycles. The van der Waals surface area contributed by atoms with Gasteiger partial charge in [-0.3, -0.25) is 4.79 Å². The van der Waals surface area contributed by atoms with Crippen LogP contribution in [0.3, 0.4) is 0 Å². The maximum atomic E-state index is 12.2. The van der Waals surface area contributed by atoms with Crippen LogP contribution in [0.2, 0.25) is 0 Å². The first-order valence-corrected chi connectivity index (χ1v) is 5.51. The van der Waals surface area contributed by atoms with Crippen LogP contribution < -0.4 is 10.6 Å². The number of benzene rings is 2. The molecule has 0 spiro atoms. The number of nitrogen functional groups attached to an aromatic ring is 1. The Morgan fingerprint density at radius 1 is 1.06 bits per heavy atom. The van der Waals surface area contributed by atoms with E-state index in [1.165, 1.54) is 0 Å². The number of hydrogen-bond acceptors (Lipinski definition) is 2. The predicted molar refractivity (Wildman–Crippen MR) is 67.8 cm³/mol. The monoisotopic (exact) mass is 224 g/mol. The van der Waals surface area contributed by atoms with Crippen LogP contribution in [0.4, 0.5) is 11.4 Å². The first kappa shape index (κ1) is 9.90. The van der Waals surface area contributed by atoms with E-state index in [0.29, 0.717) is 17.8 Å². The first-order chi connectivity index (χ1) is 8.25. The van der Waals surface area contributed by atoms with Gasteiger partial charge in [-0.25, -0.2) is 0 Å². The molecule has 0 aromatic heterocycles. The molecule has 3 nitrogen and oxygen atoms in total. The van der Waals surface area contributed by atoms with Crippen molar-refractivity contribution in [1.82, 2.24) is 0 Å². The summed E-state index contributed by atoms with van der Waals surface area (Å²) in [7, 11) is 0. The van der Waals surface area contributed by atoms with Gasteiger partial charge in [-0.15, -0.1) is 0 Å². The van der Waals surface area contributed by atoms with E-state index < -0.39 is 0 Å². The zero-order valence-electron chi connectivity index (χ0n) is 9.26. The largest absolute Gasteiger partial charge is 0.399 e. The molecule has 17 heavy (non-hydrogen) atoms. The quantitative estimate of drug-likeness (QED) is 0.756. The van der Waals surface area contributed by atoms with E-state index in [1.54, 1.807) is 11.0 Å². The summed E-state index contributed by atoms with van der Waals surface area (Å²) in [6.45, 7) is 0.623. The van der Waals surface area contributed by atoms with Crippen LogP contribution in [0.1, 0.15) is 15.9 Å². The standard InChI is InChI=1S/C14H12N2O/c15-11-7-6-10-9-16(14(17)13(10)8-11)12-4-2-1-3-5-12/h1-8H,9,15H2. The van der Waals surface area contributed by atoms with Crippen LogP contribution in [0.5, 0.6) is 0 Å². The van der Waals surface area contributed by atoms with Gasteiger partial charge in [0.25, 0.3) is 5.91 Å². The SMILES string of the molecule is Nc1ccc2c(c1)C(=O)N(c1ccccc1)C2. The number of carbonyl (C=O) groups is 1. The number of nitrogens with zero attached hydrogens (tertiary/aromatic N) is 1. The van der Waals surface area contributed by atoms with Crippen molar-refractivity contribution < 1.29 is 4.79 Å². The van der Waals surface area contributed by atoms with Crippen LogP contribution in [-0.2, 0) is 6.54 Å². The molecule has 1 amide bonds. The van der Waals surface area contributed by atoms with E-state index in [0.717, 1.165) is 11.3 Å². The van der Waals surface area contributed by atoms with E-state index in [2.05, 4.69) is 0 Å². The molecular weight excluding hydrogens is 212 g/mol. The molecule has 84 valence electrons. The second-order valence-electron chi connectivity index (χ2n) is 4.14. The number of hydrogen-bond donors (Lipinski definition) is 1. The Morgan fingerprint density at radius 3 is 2.59 bits per heavy atom. The van der Waals surface area contributed by atoms with Gasteiger partial charge in [0.15, 0.2) is 0 Å². The van der Waals surface area contributed by atoms with Crippen LogP contribution in [0, 0.1) is 0 Å². The summed E-state index contributed by atoms with van der Waals surface area (Å²) < 4.78 is 0. The van der Waals surface area contributed by atoms with Crippen molar-refractivity contribution in [3.63, 3.8) is 0 Å². The lowest BCUT2D eigenvalue weighted by Gasteiger charge is -2.15. The van der Waals surface area contributed by atoms with E-state index in [1.807, 2.05) is 42.5 Å². The minimum atomic E-state index is 0.0264. The summed E-state index contributed by atoms with van der Waals surface area (Å²) in [4.78, 5) is 14.0. The third kappa shape index (κ3) is 1.56. The maximum absolute atomic E-state index is 12.2. The fraction of sp³-hybridized carbons (Fsp3) is 0.0714. The Bertz CT molecular complexity index is 578. The maximum Gasteiger partial charge on any atom is 0.259 e. The summed E-state index contributed by atoms with van der Waals surface area (Å²) >= 11 is 0. The molecule has 0 atom stereocenters. The number of carbonyl (C=O) groups excluding carboxylic acids is 1. The molecule has 2 aromatic rings. The van der Waals surface area contributed by atoms with Crippen LogP contribution >= 0.6 is 0 Å². The second-order valence-corrected chi connectivity index (χ2v) is 4.14. The number of para-hydroxylation sites is 1. The number of anilines is 2. The third-order valence-corrected chi connectivity index (χ3v) is 3.01. The summed E-state index contributed by atoms with van der Waals surface area (Å²) in [6, 6.07) is 15.2. The Morgan fingerprint density at radius 2 is 1.82 bits per heavy atom. The topological polar surface area (TPSA) is 46.3 Å². The van der Waals surface area contributed by atoms with Crippen LogP contribution in [-0.4, -0.2) is 5.91 Å². The molecule has 3 rings (SSSR count). The zero-order chi connectivity index (χ0) is 11.8. The zero-order valence-corrected chi connectivity index (χ0v) is 9.26. The highest BCUT2D eigenvalue weighted by atomic mass is 16.2. The first-order valence-electron chi connectivity index (χ1n) is 5.51. The van der Waals surface area contributed by atoms with Crippen molar-refractivity contribution >= 4 is 17.3 Å². The normalized spacial score (nSPS) is 13.9. The lowest BCUT2D eigenvalue weighted by Crippen LogP contribution is -2.22. The second kappa shape index (κ2) is 3.63. The van der Waals surface area contributed by atoms with Gasteiger partial charge in [-0.1, -0.05) is 24.3 Å². The Labute approximate surface area is 99.5 Å². The Hall–Kier alpha value is -2.29. The molecule has 0 unspecified atom stereocenters. The van der Waals surface area contributed by atoms with Crippen molar-refractivity contribution in [3.8, 4) is 0 Å². The smallest absolute Gasteiger partial charge is 0.259 e. The molecular formula is C14H12N2O. The molecule has 2 aromatic carbocycles. The van der Waals surface area contributed by atoms with E-state index in [9.17, 15) is 4.79 Å². The highest BCUT2D eigenvalue weighted by Gasteiger charge is 2.28. The predicted octanol–water partition coefficient (Wildman–Crippen LogP) is 2.43. The Balaban J connectivity index is 2.02. The molecule has 0 fully saturated rings. The molecule has 0 aliphatic carbocycles. The van der Waals surface area contributed by atoms with Crippen molar-refractivity contribution in [2.75, 3.05) is 10.6 Å². The highest BCUT2D eigenvalue weighted by Crippen LogP contribution is 2.29. The third-order valence-electron chi connectivity index (χ3n) is 3.01. The van der Waals surface area contributed by atoms with Gasteiger partial charge in [0.05, 0.1) is 6.54 Å². The van der Waals surface area contributed by atoms with E-state index in [4.69, 9.17) is 5.73 Å². The fourth-order valence-electron chi connectivity index (χ4n) is 2.14. The summed E-state index contributed by atoms with van der Waals surface area (Å²) in [5, 5.41) is 0.